The van der Waals surface area contributed by atoms with E-state index in [-0.39, 0.29) is 17.7 Å². The predicted molar refractivity (Wildman–Crippen MR) is 107 cm³/mol. The van der Waals surface area contributed by atoms with Crippen LogP contribution in [0, 0.1) is 6.92 Å². The molecule has 0 saturated heterocycles. The van der Waals surface area contributed by atoms with E-state index in [0.717, 1.165) is 22.7 Å². The topological polar surface area (TPSA) is 73.0 Å². The highest BCUT2D eigenvalue weighted by Gasteiger charge is 2.22. The van der Waals surface area contributed by atoms with Crippen molar-refractivity contribution in [3.05, 3.63) is 66.6 Å². The lowest BCUT2D eigenvalue weighted by atomic mass is 10.1. The maximum Gasteiger partial charge on any atom is 0.230 e. The number of nitrogens with one attached hydrogen (secondary N) is 1. The summed E-state index contributed by atoms with van der Waals surface area (Å²) in [5, 5.41) is 12.2. The number of nitrogens with zero attached hydrogens (tertiary/aromatic N) is 3. The van der Waals surface area contributed by atoms with Gasteiger partial charge in [0.05, 0.1) is 23.6 Å². The van der Waals surface area contributed by atoms with Crippen LogP contribution in [-0.4, -0.2) is 33.0 Å². The molecule has 1 amide bonds. The number of hydrogen-bond acceptors (Lipinski definition) is 5. The van der Waals surface area contributed by atoms with Crippen LogP contribution in [0.4, 0.5) is 0 Å². The van der Waals surface area contributed by atoms with Crippen LogP contribution in [0.3, 0.4) is 0 Å². The molecule has 0 spiro atoms. The van der Waals surface area contributed by atoms with Crippen molar-refractivity contribution in [2.24, 2.45) is 0 Å². The lowest BCUT2D eigenvalue weighted by Crippen LogP contribution is -2.25. The molecule has 0 aliphatic rings. The van der Waals surface area contributed by atoms with Crippen LogP contribution in [0.5, 0.6) is 0 Å². The molecule has 0 unspecified atom stereocenters. The van der Waals surface area contributed by atoms with Gasteiger partial charge in [-0.05, 0) is 25.5 Å². The third kappa shape index (κ3) is 4.31. The number of benzene rings is 1. The first-order valence-electron chi connectivity index (χ1n) is 8.66. The minimum Gasteiger partial charge on any atom is -0.469 e. The van der Waals surface area contributed by atoms with Gasteiger partial charge in [-0.15, -0.1) is 16.8 Å². The summed E-state index contributed by atoms with van der Waals surface area (Å²) >= 11 is 1.36. The summed E-state index contributed by atoms with van der Waals surface area (Å²) < 4.78 is 7.50. The van der Waals surface area contributed by atoms with E-state index in [1.165, 1.54) is 11.8 Å². The zero-order valence-corrected chi connectivity index (χ0v) is 16.2. The number of furan rings is 1. The average molecular weight is 382 g/mol. The molecule has 2 heterocycles. The minimum atomic E-state index is -0.0668. The zero-order chi connectivity index (χ0) is 19.2. The molecule has 2 aromatic heterocycles. The molecule has 1 aromatic carbocycles. The van der Waals surface area contributed by atoms with E-state index in [1.54, 1.807) is 12.3 Å². The lowest BCUT2D eigenvalue weighted by Gasteiger charge is -2.18. The van der Waals surface area contributed by atoms with E-state index in [4.69, 9.17) is 4.42 Å². The van der Waals surface area contributed by atoms with Gasteiger partial charge in [-0.1, -0.05) is 48.2 Å². The van der Waals surface area contributed by atoms with Gasteiger partial charge in [0.1, 0.15) is 5.76 Å². The van der Waals surface area contributed by atoms with Crippen molar-refractivity contribution in [1.82, 2.24) is 20.1 Å². The van der Waals surface area contributed by atoms with Crippen molar-refractivity contribution >= 4 is 17.7 Å². The van der Waals surface area contributed by atoms with Crippen LogP contribution in [-0.2, 0) is 4.79 Å². The maximum atomic E-state index is 12.0. The first kappa shape index (κ1) is 19.0. The van der Waals surface area contributed by atoms with Crippen LogP contribution < -0.4 is 5.32 Å². The summed E-state index contributed by atoms with van der Waals surface area (Å²) in [5.41, 5.74) is 2.03. The summed E-state index contributed by atoms with van der Waals surface area (Å²) in [6.45, 7) is 8.05. The molecule has 1 N–H and O–H groups in total. The van der Waals surface area contributed by atoms with Gasteiger partial charge in [0, 0.05) is 6.54 Å². The summed E-state index contributed by atoms with van der Waals surface area (Å²) in [5.74, 6) is 1.70. The number of amides is 1. The number of hydrogen-bond donors (Lipinski definition) is 1. The third-order valence-electron chi connectivity index (χ3n) is 4.21. The first-order valence-corrected chi connectivity index (χ1v) is 9.65. The Balaban J connectivity index is 1.94. The van der Waals surface area contributed by atoms with Crippen LogP contribution in [0.1, 0.15) is 24.3 Å². The van der Waals surface area contributed by atoms with E-state index < -0.39 is 0 Å². The van der Waals surface area contributed by atoms with E-state index in [0.29, 0.717) is 11.7 Å². The Morgan fingerprint density at radius 2 is 2.11 bits per heavy atom. The second-order valence-electron chi connectivity index (χ2n) is 6.03. The molecule has 3 rings (SSSR count). The average Bonchev–Trinajstić information content (AvgIpc) is 3.30. The molecule has 0 fully saturated rings. The Hall–Kier alpha value is -2.80. The largest absolute Gasteiger partial charge is 0.469 e. The first-order chi connectivity index (χ1) is 13.1. The van der Waals surface area contributed by atoms with Crippen molar-refractivity contribution < 1.29 is 9.21 Å². The monoisotopic (exact) mass is 382 g/mol. The van der Waals surface area contributed by atoms with E-state index >= 15 is 0 Å². The second-order valence-corrected chi connectivity index (χ2v) is 6.98. The molecule has 0 bridgehead atoms. The Kier molecular flexibility index (Phi) is 6.13. The highest BCUT2D eigenvalue weighted by atomic mass is 32.2. The van der Waals surface area contributed by atoms with Crippen molar-refractivity contribution in [1.29, 1.82) is 0 Å². The number of thioether (sulfide) groups is 1. The molecular formula is C20H22N4O2S. The molecule has 0 radical (unpaired) electrons. The third-order valence-corrected chi connectivity index (χ3v) is 5.15. The van der Waals surface area contributed by atoms with Gasteiger partial charge >= 0.3 is 0 Å². The highest BCUT2D eigenvalue weighted by molar-refractivity contribution is 7.99. The number of aryl methyl sites for hydroxylation is 1. The van der Waals surface area contributed by atoms with Gasteiger partial charge in [-0.25, -0.2) is 0 Å². The Bertz CT molecular complexity index is 917. The van der Waals surface area contributed by atoms with Gasteiger partial charge < -0.3 is 9.73 Å². The molecule has 6 nitrogen and oxygen atoms in total. The highest BCUT2D eigenvalue weighted by Crippen LogP contribution is 2.32. The molecule has 7 heteroatoms. The fourth-order valence-electron chi connectivity index (χ4n) is 2.77. The maximum absolute atomic E-state index is 12.0. The number of carbonyl (C=O) groups excluding carboxylic acids is 1. The zero-order valence-electron chi connectivity index (χ0n) is 15.4. The van der Waals surface area contributed by atoms with E-state index in [2.05, 4.69) is 45.7 Å². The summed E-state index contributed by atoms with van der Waals surface area (Å²) in [6.07, 6.45) is 3.30. The summed E-state index contributed by atoms with van der Waals surface area (Å²) in [7, 11) is 0. The predicted octanol–water partition coefficient (Wildman–Crippen LogP) is 3.85. The molecule has 27 heavy (non-hydrogen) atoms. The van der Waals surface area contributed by atoms with E-state index in [1.807, 2.05) is 31.2 Å². The fourth-order valence-corrected chi connectivity index (χ4v) is 3.62. The molecule has 0 aliphatic carbocycles. The van der Waals surface area contributed by atoms with E-state index in [9.17, 15) is 4.79 Å². The Morgan fingerprint density at radius 3 is 2.78 bits per heavy atom. The van der Waals surface area contributed by atoms with Crippen LogP contribution in [0.2, 0.25) is 0 Å². The molecule has 0 saturated carbocycles. The number of carbonyl (C=O) groups is 1. The van der Waals surface area contributed by atoms with Gasteiger partial charge in [-0.3, -0.25) is 9.36 Å². The van der Waals surface area contributed by atoms with Gasteiger partial charge in [-0.2, -0.15) is 0 Å². The molecule has 3 aromatic rings. The minimum absolute atomic E-state index is 0.00392. The Morgan fingerprint density at radius 1 is 1.33 bits per heavy atom. The van der Waals surface area contributed by atoms with Gasteiger partial charge in [0.25, 0.3) is 0 Å². The number of rotatable bonds is 8. The van der Waals surface area contributed by atoms with Crippen LogP contribution in [0.25, 0.3) is 11.4 Å². The fraction of sp³-hybridized carbons (Fsp3) is 0.250. The van der Waals surface area contributed by atoms with Crippen molar-refractivity contribution in [3.63, 3.8) is 0 Å². The lowest BCUT2D eigenvalue weighted by molar-refractivity contribution is -0.118. The molecule has 1 atom stereocenters. The molecule has 140 valence electrons. The number of aromatic nitrogens is 3. The summed E-state index contributed by atoms with van der Waals surface area (Å²) in [4.78, 5) is 12.0. The Labute approximate surface area is 162 Å². The van der Waals surface area contributed by atoms with Crippen molar-refractivity contribution in [3.8, 4) is 11.4 Å². The standard InChI is InChI=1S/C20H22N4O2S/c1-4-11-21-18(25)13-27-20-23-22-19(17-10-12-26-15(17)3)24(20)14(2)16-8-6-5-7-9-16/h4-10,12,14H,1,11,13H2,2-3H3,(H,21,25)/t14-/m1/s1. The van der Waals surface area contributed by atoms with Gasteiger partial charge in [0.15, 0.2) is 11.0 Å². The van der Waals surface area contributed by atoms with Gasteiger partial charge in [0.2, 0.25) is 5.91 Å². The van der Waals surface area contributed by atoms with Crippen molar-refractivity contribution in [2.45, 2.75) is 25.0 Å². The second kappa shape index (κ2) is 8.73. The normalized spacial score (nSPS) is 11.9. The summed E-state index contributed by atoms with van der Waals surface area (Å²) in [6, 6.07) is 12.0. The van der Waals surface area contributed by atoms with Crippen LogP contribution >= 0.6 is 11.8 Å². The smallest absolute Gasteiger partial charge is 0.230 e. The SMILES string of the molecule is C=CCNC(=O)CSc1nnc(-c2ccoc2C)n1[C@H](C)c1ccccc1. The molecular weight excluding hydrogens is 360 g/mol. The quantitative estimate of drug-likeness (QED) is 0.473. The van der Waals surface area contributed by atoms with Crippen molar-refractivity contribution in [2.75, 3.05) is 12.3 Å². The molecule has 0 aliphatic heterocycles. The van der Waals surface area contributed by atoms with Crippen LogP contribution in [0.15, 0.2) is 64.9 Å².